The third-order valence-electron chi connectivity index (χ3n) is 3.37. The van der Waals surface area contributed by atoms with E-state index < -0.39 is 5.82 Å². The second-order valence-corrected chi connectivity index (χ2v) is 5.65. The van der Waals surface area contributed by atoms with E-state index in [4.69, 9.17) is 14.8 Å². The molecule has 2 N–H and O–H groups in total. The lowest BCUT2D eigenvalue weighted by atomic mass is 10.2. The summed E-state index contributed by atoms with van der Waals surface area (Å²) in [5, 5.41) is 26.4. The van der Waals surface area contributed by atoms with Crippen LogP contribution < -0.4 is 9.96 Å². The van der Waals surface area contributed by atoms with Gasteiger partial charge in [0.1, 0.15) is 5.82 Å². The quantitative estimate of drug-likeness (QED) is 0.473. The summed E-state index contributed by atoms with van der Waals surface area (Å²) in [6, 6.07) is 3.88. The highest BCUT2D eigenvalue weighted by Gasteiger charge is 2.26. The second kappa shape index (κ2) is 6.60. The number of amidine groups is 1. The van der Waals surface area contributed by atoms with Gasteiger partial charge in [-0.05, 0) is 44.4 Å². The summed E-state index contributed by atoms with van der Waals surface area (Å²) in [4.78, 5) is 1.86. The maximum absolute atomic E-state index is 13.3. The molecule has 0 amide bonds. The van der Waals surface area contributed by atoms with Crippen LogP contribution in [-0.2, 0) is 4.74 Å². The van der Waals surface area contributed by atoms with Gasteiger partial charge in [-0.25, -0.2) is 14.1 Å². The number of morpholine rings is 1. The number of nitrogens with one attached hydrogen (secondary N) is 1. The van der Waals surface area contributed by atoms with Crippen LogP contribution in [0.1, 0.15) is 5.69 Å². The summed E-state index contributed by atoms with van der Waals surface area (Å²) in [7, 11) is 0. The van der Waals surface area contributed by atoms with Gasteiger partial charge >= 0.3 is 0 Å². The van der Waals surface area contributed by atoms with Gasteiger partial charge in [-0.2, -0.15) is 0 Å². The number of anilines is 2. The first-order chi connectivity index (χ1) is 11.1. The summed E-state index contributed by atoms with van der Waals surface area (Å²) < 4.78 is 23.4. The Balaban J connectivity index is 1.85. The molecule has 0 saturated carbocycles. The molecular weight excluding hydrogens is 373 g/mol. The van der Waals surface area contributed by atoms with E-state index in [-0.39, 0.29) is 21.7 Å². The molecule has 0 unspecified atom stereocenters. The first-order valence-electron chi connectivity index (χ1n) is 6.76. The molecule has 0 bridgehead atoms. The first kappa shape index (κ1) is 15.8. The normalized spacial score (nSPS) is 14.8. The minimum Gasteiger partial charge on any atom is -0.378 e. The number of hydrogen-bond donors (Lipinski definition) is 2. The van der Waals surface area contributed by atoms with Gasteiger partial charge in [-0.3, -0.25) is 10.6 Å². The largest absolute Gasteiger partial charge is 0.378 e. The van der Waals surface area contributed by atoms with Crippen molar-refractivity contribution >= 4 is 33.3 Å². The van der Waals surface area contributed by atoms with Gasteiger partial charge in [-0.1, -0.05) is 0 Å². The molecule has 0 atom stereocenters. The van der Waals surface area contributed by atoms with Crippen LogP contribution in [0.15, 0.2) is 27.3 Å². The fourth-order valence-electron chi connectivity index (χ4n) is 2.16. The van der Waals surface area contributed by atoms with Crippen LogP contribution in [0.4, 0.5) is 15.9 Å². The lowest BCUT2D eigenvalue weighted by molar-refractivity contribution is 0.122. The Labute approximate surface area is 139 Å². The van der Waals surface area contributed by atoms with Gasteiger partial charge in [0, 0.05) is 13.1 Å². The van der Waals surface area contributed by atoms with Crippen molar-refractivity contribution in [2.75, 3.05) is 36.3 Å². The summed E-state index contributed by atoms with van der Waals surface area (Å²) in [6.07, 6.45) is 0. The van der Waals surface area contributed by atoms with Crippen LogP contribution in [0.5, 0.6) is 0 Å². The lowest BCUT2D eigenvalue weighted by Gasteiger charge is -2.27. The van der Waals surface area contributed by atoms with E-state index in [0.29, 0.717) is 37.2 Å². The lowest BCUT2D eigenvalue weighted by Crippen LogP contribution is -2.38. The van der Waals surface area contributed by atoms with Crippen molar-refractivity contribution in [1.82, 2.24) is 10.3 Å². The molecule has 2 heterocycles. The Morgan fingerprint density at radius 3 is 2.78 bits per heavy atom. The molecule has 0 spiro atoms. The predicted molar refractivity (Wildman–Crippen MR) is 82.5 cm³/mol. The summed E-state index contributed by atoms with van der Waals surface area (Å²) >= 11 is 3.04. The minimum atomic E-state index is -0.467. The van der Waals surface area contributed by atoms with Crippen LogP contribution >= 0.6 is 15.9 Å². The number of nitrogens with zero attached hydrogens (tertiary/aromatic N) is 4. The second-order valence-electron chi connectivity index (χ2n) is 4.79. The monoisotopic (exact) mass is 385 g/mol. The van der Waals surface area contributed by atoms with Crippen molar-refractivity contribution in [2.45, 2.75) is 0 Å². The molecule has 1 aliphatic rings. The van der Waals surface area contributed by atoms with E-state index in [9.17, 15) is 9.60 Å². The average Bonchev–Trinajstić information content (AvgIpc) is 3.06. The SMILES string of the molecule is N=C(c1nonc1N1CCOCC1)N(O)c1ccc(F)c(Br)c1. The van der Waals surface area contributed by atoms with Crippen LogP contribution in [0.3, 0.4) is 0 Å². The number of rotatable bonds is 3. The fraction of sp³-hybridized carbons (Fsp3) is 0.308. The van der Waals surface area contributed by atoms with Crippen molar-refractivity contribution in [2.24, 2.45) is 0 Å². The zero-order valence-corrected chi connectivity index (χ0v) is 13.5. The molecule has 8 nitrogen and oxygen atoms in total. The minimum absolute atomic E-state index is 0.0925. The first-order valence-corrected chi connectivity index (χ1v) is 7.55. The molecule has 1 aromatic carbocycles. The number of hydroxylamine groups is 1. The zero-order chi connectivity index (χ0) is 16.4. The van der Waals surface area contributed by atoms with Crippen molar-refractivity contribution < 1.29 is 19.0 Å². The molecule has 1 aliphatic heterocycles. The van der Waals surface area contributed by atoms with Gasteiger partial charge in [0.05, 0.1) is 23.4 Å². The molecule has 1 saturated heterocycles. The topological polar surface area (TPSA) is 98.7 Å². The van der Waals surface area contributed by atoms with Gasteiger partial charge in [0.15, 0.2) is 11.5 Å². The van der Waals surface area contributed by atoms with E-state index in [2.05, 4.69) is 26.2 Å². The van der Waals surface area contributed by atoms with Crippen LogP contribution in [-0.4, -0.2) is 47.7 Å². The number of ether oxygens (including phenoxy) is 1. The molecular formula is C13H13BrFN5O3. The van der Waals surface area contributed by atoms with E-state index in [1.807, 2.05) is 4.90 Å². The zero-order valence-electron chi connectivity index (χ0n) is 11.9. The average molecular weight is 386 g/mol. The summed E-state index contributed by atoms with van der Waals surface area (Å²) in [5.41, 5.74) is 0.300. The maximum atomic E-state index is 13.3. The van der Waals surface area contributed by atoms with Gasteiger partial charge in [0.2, 0.25) is 5.82 Å². The Morgan fingerprint density at radius 2 is 2.09 bits per heavy atom. The van der Waals surface area contributed by atoms with Crippen molar-refractivity contribution in [3.8, 4) is 0 Å². The predicted octanol–water partition coefficient (Wildman–Crippen LogP) is 2.03. The Kier molecular flexibility index (Phi) is 4.55. The Hall–Kier alpha value is -2.04. The number of hydrogen-bond acceptors (Lipinski definition) is 7. The highest BCUT2D eigenvalue weighted by atomic mass is 79.9. The third-order valence-corrected chi connectivity index (χ3v) is 3.97. The summed E-state index contributed by atoms with van der Waals surface area (Å²) in [5.74, 6) is -0.435. The smallest absolute Gasteiger partial charge is 0.205 e. The fourth-order valence-corrected chi connectivity index (χ4v) is 2.53. The molecule has 2 aromatic rings. The van der Waals surface area contributed by atoms with Crippen molar-refractivity contribution in [3.05, 3.63) is 34.2 Å². The molecule has 122 valence electrons. The molecule has 10 heteroatoms. The van der Waals surface area contributed by atoms with E-state index in [1.165, 1.54) is 18.2 Å². The van der Waals surface area contributed by atoms with Crippen LogP contribution in [0, 0.1) is 11.2 Å². The van der Waals surface area contributed by atoms with E-state index in [0.717, 1.165) is 0 Å². The van der Waals surface area contributed by atoms with Gasteiger partial charge in [-0.15, -0.1) is 0 Å². The van der Waals surface area contributed by atoms with Crippen LogP contribution in [0.25, 0.3) is 0 Å². The van der Waals surface area contributed by atoms with Crippen molar-refractivity contribution in [3.63, 3.8) is 0 Å². The summed E-state index contributed by atoms with van der Waals surface area (Å²) in [6.45, 7) is 2.24. The molecule has 1 aromatic heterocycles. The highest BCUT2D eigenvalue weighted by molar-refractivity contribution is 9.10. The van der Waals surface area contributed by atoms with E-state index >= 15 is 0 Å². The van der Waals surface area contributed by atoms with Gasteiger partial charge in [0.25, 0.3) is 0 Å². The van der Waals surface area contributed by atoms with Crippen molar-refractivity contribution in [1.29, 1.82) is 5.41 Å². The third kappa shape index (κ3) is 3.19. The highest BCUT2D eigenvalue weighted by Crippen LogP contribution is 2.25. The van der Waals surface area contributed by atoms with E-state index in [1.54, 1.807) is 0 Å². The number of halogens is 2. The van der Waals surface area contributed by atoms with Crippen LogP contribution in [0.2, 0.25) is 0 Å². The number of benzene rings is 1. The Morgan fingerprint density at radius 1 is 1.35 bits per heavy atom. The number of aromatic nitrogens is 2. The Bertz CT molecular complexity index is 719. The molecule has 3 rings (SSSR count). The molecule has 1 fully saturated rings. The standard InChI is InChI=1S/C13H13BrFN5O3/c14-9-7-8(1-2-10(9)15)20(21)12(16)11-13(18-23-17-11)19-3-5-22-6-4-19/h1-2,7,16,21H,3-6H2. The molecule has 0 radical (unpaired) electrons. The van der Waals surface area contributed by atoms with Gasteiger partial charge < -0.3 is 9.64 Å². The molecule has 23 heavy (non-hydrogen) atoms. The molecule has 0 aliphatic carbocycles. The maximum Gasteiger partial charge on any atom is 0.205 e.